The molecule has 0 aliphatic heterocycles. The van der Waals surface area contributed by atoms with Crippen molar-refractivity contribution in [3.8, 4) is 0 Å². The van der Waals surface area contributed by atoms with Gasteiger partial charge in [-0.15, -0.1) is 0 Å². The molecule has 0 radical (unpaired) electrons. The lowest BCUT2D eigenvalue weighted by Gasteiger charge is -2.30. The second-order valence-electron chi connectivity index (χ2n) is 20.0. The maximum absolute atomic E-state index is 12.9. The van der Waals surface area contributed by atoms with Gasteiger partial charge in [0, 0.05) is 6.42 Å². The maximum Gasteiger partial charge on any atom is 0.268 e. The molecule has 61 heavy (non-hydrogen) atoms. The second-order valence-corrected chi connectivity index (χ2v) is 21.4. The van der Waals surface area contributed by atoms with E-state index in [1.165, 1.54) is 212 Å². The topological polar surface area (TPSA) is 108 Å². The van der Waals surface area contributed by atoms with Crippen LogP contribution in [0.25, 0.3) is 0 Å². The van der Waals surface area contributed by atoms with Crippen molar-refractivity contribution < 1.29 is 32.9 Å². The number of rotatable bonds is 50. The largest absolute Gasteiger partial charge is 0.756 e. The molecule has 9 heteroatoms. The zero-order valence-electron chi connectivity index (χ0n) is 41.7. The van der Waals surface area contributed by atoms with E-state index in [-0.39, 0.29) is 19.1 Å². The minimum atomic E-state index is -4.56. The van der Waals surface area contributed by atoms with Gasteiger partial charge in [-0.25, -0.2) is 0 Å². The zero-order valence-corrected chi connectivity index (χ0v) is 42.5. The first kappa shape index (κ1) is 60.5. The Morgan fingerprint density at radius 2 is 0.803 bits per heavy atom. The summed E-state index contributed by atoms with van der Waals surface area (Å²) in [5.41, 5.74) is 0. The van der Waals surface area contributed by atoms with Crippen LogP contribution in [0.15, 0.2) is 0 Å². The summed E-state index contributed by atoms with van der Waals surface area (Å²) in [6.07, 6.45) is 51.3. The molecule has 0 bridgehead atoms. The van der Waals surface area contributed by atoms with Gasteiger partial charge < -0.3 is 28.8 Å². The third-order valence-electron chi connectivity index (χ3n) is 12.6. The van der Waals surface area contributed by atoms with E-state index >= 15 is 0 Å². The van der Waals surface area contributed by atoms with E-state index in [2.05, 4.69) is 19.2 Å². The molecule has 0 spiro atoms. The normalized spacial score (nSPS) is 14.0. The summed E-state index contributed by atoms with van der Waals surface area (Å²) < 4.78 is 23.4. The monoisotopic (exact) mass is 887 g/mol. The molecule has 3 atom stereocenters. The van der Waals surface area contributed by atoms with Crippen LogP contribution in [0.3, 0.4) is 0 Å². The quantitative estimate of drug-likeness (QED) is 0.0358. The van der Waals surface area contributed by atoms with Crippen molar-refractivity contribution in [3.05, 3.63) is 0 Å². The molecule has 0 saturated carbocycles. The molecule has 0 aromatic rings. The Morgan fingerprint density at radius 3 is 1.11 bits per heavy atom. The van der Waals surface area contributed by atoms with Gasteiger partial charge in [-0.1, -0.05) is 258 Å². The molecule has 3 unspecified atom stereocenters. The van der Waals surface area contributed by atoms with Gasteiger partial charge in [0.25, 0.3) is 7.82 Å². The predicted octanol–water partition coefficient (Wildman–Crippen LogP) is 15.1. The van der Waals surface area contributed by atoms with E-state index in [0.717, 1.165) is 38.5 Å². The Labute approximate surface area is 380 Å². The summed E-state index contributed by atoms with van der Waals surface area (Å²) in [5, 5.41) is 14.0. The van der Waals surface area contributed by atoms with Crippen LogP contribution < -0.4 is 10.2 Å². The summed E-state index contributed by atoms with van der Waals surface area (Å²) in [7, 11) is 1.32. The summed E-state index contributed by atoms with van der Waals surface area (Å²) in [6, 6.07) is -0.794. The van der Waals surface area contributed by atoms with Crippen LogP contribution in [0.4, 0.5) is 0 Å². The standard InChI is InChI=1S/C52H107N2O6P/c1-6-8-10-12-14-16-18-20-21-22-23-24-25-26-27-28-29-30-31-32-34-35-37-39-41-43-45-51(55)50(49-60-61(57,58)59-48-47-54(3,4)5)53-52(56)46-44-42-40-38-36-33-19-17-15-13-11-9-7-2/h50-51,55H,6-49H2,1-5H3,(H-,53,56,57,58). The molecule has 0 aromatic heterocycles. The highest BCUT2D eigenvalue weighted by molar-refractivity contribution is 7.45. The smallest absolute Gasteiger partial charge is 0.268 e. The number of likely N-dealkylation sites (N-methyl/N-ethyl adjacent to an activating group) is 1. The fraction of sp³-hybridized carbons (Fsp3) is 0.981. The number of carbonyl (C=O) groups is 1. The SMILES string of the molecule is CCCCCCCCCCCCCCCCCCCCCCCCCCCCC(O)C(COP(=O)([O-])OCC[N+](C)(C)C)NC(=O)CCCCCCCCCCCCCCC. The summed E-state index contributed by atoms with van der Waals surface area (Å²) in [5.74, 6) is -0.160. The molecule has 0 saturated heterocycles. The predicted molar refractivity (Wildman–Crippen MR) is 261 cm³/mol. The fourth-order valence-electron chi connectivity index (χ4n) is 8.34. The van der Waals surface area contributed by atoms with Crippen LogP contribution in [0.1, 0.15) is 277 Å². The zero-order chi connectivity index (χ0) is 45.0. The second kappa shape index (κ2) is 44.7. The third-order valence-corrected chi connectivity index (χ3v) is 13.6. The van der Waals surface area contributed by atoms with Crippen molar-refractivity contribution in [2.75, 3.05) is 40.9 Å². The van der Waals surface area contributed by atoms with Gasteiger partial charge in [0.1, 0.15) is 13.2 Å². The highest BCUT2D eigenvalue weighted by Crippen LogP contribution is 2.38. The Morgan fingerprint density at radius 1 is 0.508 bits per heavy atom. The molecule has 1 amide bonds. The summed E-state index contributed by atoms with van der Waals surface area (Å²) >= 11 is 0. The molecular formula is C52H107N2O6P. The fourth-order valence-corrected chi connectivity index (χ4v) is 9.06. The lowest BCUT2D eigenvalue weighted by Crippen LogP contribution is -2.46. The number of phosphoric acid groups is 1. The molecule has 2 N–H and O–H groups in total. The first-order valence-electron chi connectivity index (χ1n) is 26.9. The van der Waals surface area contributed by atoms with Crippen LogP contribution in [0.2, 0.25) is 0 Å². The number of nitrogens with zero attached hydrogens (tertiary/aromatic N) is 1. The summed E-state index contributed by atoms with van der Waals surface area (Å²) in [6.45, 7) is 4.76. The van der Waals surface area contributed by atoms with Crippen LogP contribution >= 0.6 is 7.82 Å². The Hall–Kier alpha value is -0.500. The van der Waals surface area contributed by atoms with E-state index in [9.17, 15) is 19.4 Å². The van der Waals surface area contributed by atoms with Gasteiger partial charge >= 0.3 is 0 Å². The van der Waals surface area contributed by atoms with E-state index in [1.54, 1.807) is 0 Å². The van der Waals surface area contributed by atoms with E-state index in [0.29, 0.717) is 23.9 Å². The van der Waals surface area contributed by atoms with Gasteiger partial charge in [0.15, 0.2) is 0 Å². The van der Waals surface area contributed by atoms with Gasteiger partial charge in [0.2, 0.25) is 5.91 Å². The van der Waals surface area contributed by atoms with Crippen LogP contribution in [-0.4, -0.2) is 68.5 Å². The number of hydrogen-bond acceptors (Lipinski definition) is 6. The van der Waals surface area contributed by atoms with Crippen molar-refractivity contribution in [2.45, 2.75) is 289 Å². The van der Waals surface area contributed by atoms with Gasteiger partial charge in [-0.3, -0.25) is 9.36 Å². The number of unbranched alkanes of at least 4 members (excludes halogenated alkanes) is 37. The Kier molecular flexibility index (Phi) is 44.3. The lowest BCUT2D eigenvalue weighted by atomic mass is 10.0. The highest BCUT2D eigenvalue weighted by Gasteiger charge is 2.24. The number of hydrogen-bond donors (Lipinski definition) is 2. The van der Waals surface area contributed by atoms with E-state index < -0.39 is 20.0 Å². The average molecular weight is 887 g/mol. The number of carbonyl (C=O) groups excluding carboxylic acids is 1. The Bertz CT molecular complexity index is 963. The number of amides is 1. The van der Waals surface area contributed by atoms with E-state index in [4.69, 9.17) is 9.05 Å². The molecule has 366 valence electrons. The molecular weight excluding hydrogens is 780 g/mol. The number of quaternary nitrogens is 1. The van der Waals surface area contributed by atoms with Gasteiger partial charge in [-0.05, 0) is 12.8 Å². The van der Waals surface area contributed by atoms with Crippen molar-refractivity contribution >= 4 is 13.7 Å². The lowest BCUT2D eigenvalue weighted by molar-refractivity contribution is -0.870. The summed E-state index contributed by atoms with van der Waals surface area (Å²) in [4.78, 5) is 25.4. The molecule has 0 heterocycles. The van der Waals surface area contributed by atoms with Crippen molar-refractivity contribution in [1.82, 2.24) is 5.32 Å². The van der Waals surface area contributed by atoms with Crippen molar-refractivity contribution in [1.29, 1.82) is 0 Å². The van der Waals surface area contributed by atoms with Gasteiger partial charge in [-0.2, -0.15) is 0 Å². The third kappa shape index (κ3) is 47.3. The first-order chi connectivity index (χ1) is 29.5. The first-order valence-corrected chi connectivity index (χ1v) is 28.3. The molecule has 0 fully saturated rings. The minimum absolute atomic E-state index is 0.0164. The molecule has 8 nitrogen and oxygen atoms in total. The molecule has 0 aliphatic carbocycles. The van der Waals surface area contributed by atoms with Crippen LogP contribution in [-0.2, 0) is 18.4 Å². The average Bonchev–Trinajstić information content (AvgIpc) is 3.21. The minimum Gasteiger partial charge on any atom is -0.756 e. The van der Waals surface area contributed by atoms with Crippen LogP contribution in [0.5, 0.6) is 0 Å². The van der Waals surface area contributed by atoms with Crippen molar-refractivity contribution in [3.63, 3.8) is 0 Å². The van der Waals surface area contributed by atoms with E-state index in [1.807, 2.05) is 21.1 Å². The van der Waals surface area contributed by atoms with Crippen molar-refractivity contribution in [2.24, 2.45) is 0 Å². The number of nitrogens with one attached hydrogen (secondary N) is 1. The molecule has 0 aliphatic rings. The molecule has 0 aromatic carbocycles. The number of aliphatic hydroxyl groups is 1. The Balaban J connectivity index is 4.09. The maximum atomic E-state index is 12.9. The number of aliphatic hydroxyl groups excluding tert-OH is 1. The highest BCUT2D eigenvalue weighted by atomic mass is 31.2. The van der Waals surface area contributed by atoms with Crippen LogP contribution in [0, 0.1) is 0 Å². The molecule has 0 rings (SSSR count). The van der Waals surface area contributed by atoms with Gasteiger partial charge in [0.05, 0.1) is 39.9 Å². The number of phosphoric ester groups is 1.